The highest BCUT2D eigenvalue weighted by atomic mass is 16.2. The maximum atomic E-state index is 12.5. The highest BCUT2D eigenvalue weighted by molar-refractivity contribution is 6.09. The van der Waals surface area contributed by atoms with Crippen LogP contribution in [0.15, 0.2) is 24.4 Å². The van der Waals surface area contributed by atoms with Crippen molar-refractivity contribution in [2.45, 2.75) is 27.3 Å². The predicted octanol–water partition coefficient (Wildman–Crippen LogP) is 2.69. The summed E-state index contributed by atoms with van der Waals surface area (Å²) in [5.74, 6) is 0.544. The first-order valence-electron chi connectivity index (χ1n) is 7.09. The summed E-state index contributed by atoms with van der Waals surface area (Å²) < 4.78 is 0. The molecule has 0 saturated carbocycles. The van der Waals surface area contributed by atoms with Crippen molar-refractivity contribution < 1.29 is 4.79 Å². The maximum absolute atomic E-state index is 12.5. The van der Waals surface area contributed by atoms with E-state index in [1.54, 1.807) is 11.1 Å². The molecular formula is C16H18N4O. The quantitative estimate of drug-likeness (QED) is 0.940. The first kappa shape index (κ1) is 13.5. The van der Waals surface area contributed by atoms with Gasteiger partial charge in [0.25, 0.3) is 5.91 Å². The second-order valence-corrected chi connectivity index (χ2v) is 5.24. The van der Waals surface area contributed by atoms with Crippen molar-refractivity contribution in [3.05, 3.63) is 46.8 Å². The Bertz CT molecular complexity index is 711. The van der Waals surface area contributed by atoms with Crippen molar-refractivity contribution in [3.8, 4) is 0 Å². The standard InChI is InChI=1S/C16H18N4O/c1-4-17-16-18-8-13-14(19-16)9-20(15(13)21)12-6-5-10(2)11(3)7-12/h5-8H,4,9H2,1-3H3,(H,17,18,19). The van der Waals surface area contributed by atoms with Crippen LogP contribution >= 0.6 is 0 Å². The van der Waals surface area contributed by atoms with E-state index in [9.17, 15) is 4.79 Å². The van der Waals surface area contributed by atoms with Crippen LogP contribution in [-0.2, 0) is 6.54 Å². The number of fused-ring (bicyclic) bond motifs is 1. The molecule has 5 nitrogen and oxygen atoms in total. The molecule has 5 heteroatoms. The monoisotopic (exact) mass is 282 g/mol. The van der Waals surface area contributed by atoms with Gasteiger partial charge in [-0.15, -0.1) is 0 Å². The van der Waals surface area contributed by atoms with E-state index in [0.29, 0.717) is 18.1 Å². The summed E-state index contributed by atoms with van der Waals surface area (Å²) in [7, 11) is 0. The number of nitrogens with zero attached hydrogens (tertiary/aromatic N) is 3. The topological polar surface area (TPSA) is 58.1 Å². The summed E-state index contributed by atoms with van der Waals surface area (Å²) in [5.41, 5.74) is 4.68. The highest BCUT2D eigenvalue weighted by Gasteiger charge is 2.30. The van der Waals surface area contributed by atoms with E-state index >= 15 is 0 Å². The van der Waals surface area contributed by atoms with E-state index in [0.717, 1.165) is 17.9 Å². The molecule has 0 spiro atoms. The van der Waals surface area contributed by atoms with Crippen molar-refractivity contribution in [3.63, 3.8) is 0 Å². The molecule has 2 aromatic rings. The van der Waals surface area contributed by atoms with Gasteiger partial charge in [-0.05, 0) is 44.0 Å². The van der Waals surface area contributed by atoms with Gasteiger partial charge in [0.2, 0.25) is 5.95 Å². The molecule has 1 aliphatic rings. The Balaban J connectivity index is 1.93. The molecule has 1 amide bonds. The molecule has 0 saturated heterocycles. The maximum Gasteiger partial charge on any atom is 0.262 e. The molecule has 21 heavy (non-hydrogen) atoms. The third-order valence-electron chi connectivity index (χ3n) is 3.79. The SMILES string of the molecule is CCNc1ncc2c(n1)CN(c1ccc(C)c(C)c1)C2=O. The lowest BCUT2D eigenvalue weighted by Crippen LogP contribution is -2.23. The van der Waals surface area contributed by atoms with Crippen LogP contribution in [0, 0.1) is 13.8 Å². The zero-order valence-corrected chi connectivity index (χ0v) is 12.5. The van der Waals surface area contributed by atoms with Crippen molar-refractivity contribution in [2.24, 2.45) is 0 Å². The van der Waals surface area contributed by atoms with Gasteiger partial charge in [0.1, 0.15) is 0 Å². The van der Waals surface area contributed by atoms with Gasteiger partial charge in [-0.3, -0.25) is 4.79 Å². The molecule has 3 rings (SSSR count). The lowest BCUT2D eigenvalue weighted by atomic mass is 10.1. The molecule has 0 bridgehead atoms. The van der Waals surface area contributed by atoms with Gasteiger partial charge in [0.05, 0.1) is 17.8 Å². The van der Waals surface area contributed by atoms with Crippen molar-refractivity contribution in [1.82, 2.24) is 9.97 Å². The minimum absolute atomic E-state index is 0.0312. The fourth-order valence-electron chi connectivity index (χ4n) is 2.43. The zero-order valence-electron chi connectivity index (χ0n) is 12.5. The van der Waals surface area contributed by atoms with Crippen LogP contribution in [0.3, 0.4) is 0 Å². The summed E-state index contributed by atoms with van der Waals surface area (Å²) in [6.07, 6.45) is 1.61. The van der Waals surface area contributed by atoms with Crippen LogP contribution in [0.1, 0.15) is 34.1 Å². The van der Waals surface area contributed by atoms with Crippen LogP contribution in [0.4, 0.5) is 11.6 Å². The summed E-state index contributed by atoms with van der Waals surface area (Å²) in [6, 6.07) is 6.05. The Kier molecular flexibility index (Phi) is 3.33. The van der Waals surface area contributed by atoms with E-state index in [1.807, 2.05) is 25.1 Å². The Morgan fingerprint density at radius 1 is 1.29 bits per heavy atom. The number of carbonyl (C=O) groups excluding carboxylic acids is 1. The fourth-order valence-corrected chi connectivity index (χ4v) is 2.43. The molecule has 108 valence electrons. The number of amides is 1. The molecule has 1 aliphatic heterocycles. The normalized spacial score (nSPS) is 13.5. The largest absolute Gasteiger partial charge is 0.354 e. The minimum Gasteiger partial charge on any atom is -0.354 e. The van der Waals surface area contributed by atoms with Gasteiger partial charge in [0.15, 0.2) is 0 Å². The van der Waals surface area contributed by atoms with Gasteiger partial charge in [-0.1, -0.05) is 6.07 Å². The number of hydrogen-bond donors (Lipinski definition) is 1. The number of aryl methyl sites for hydroxylation is 2. The number of nitrogens with one attached hydrogen (secondary N) is 1. The molecule has 0 fully saturated rings. The second kappa shape index (κ2) is 5.16. The van der Waals surface area contributed by atoms with Gasteiger partial charge < -0.3 is 10.2 Å². The summed E-state index contributed by atoms with van der Waals surface area (Å²) in [5, 5.41) is 3.07. The average molecular weight is 282 g/mol. The lowest BCUT2D eigenvalue weighted by molar-refractivity contribution is 0.0996. The summed E-state index contributed by atoms with van der Waals surface area (Å²) in [6.45, 7) is 7.36. The van der Waals surface area contributed by atoms with E-state index in [4.69, 9.17) is 0 Å². The van der Waals surface area contributed by atoms with Gasteiger partial charge in [-0.2, -0.15) is 0 Å². The Morgan fingerprint density at radius 2 is 2.10 bits per heavy atom. The van der Waals surface area contributed by atoms with Crippen LogP contribution in [-0.4, -0.2) is 22.4 Å². The lowest BCUT2D eigenvalue weighted by Gasteiger charge is -2.16. The minimum atomic E-state index is -0.0312. The third-order valence-corrected chi connectivity index (χ3v) is 3.79. The number of benzene rings is 1. The van der Waals surface area contributed by atoms with E-state index < -0.39 is 0 Å². The molecule has 0 atom stereocenters. The molecule has 1 aromatic carbocycles. The van der Waals surface area contributed by atoms with E-state index in [-0.39, 0.29) is 5.91 Å². The number of carbonyl (C=O) groups is 1. The molecule has 1 N–H and O–H groups in total. The molecule has 0 unspecified atom stereocenters. The van der Waals surface area contributed by atoms with Crippen molar-refractivity contribution in [2.75, 3.05) is 16.8 Å². The van der Waals surface area contributed by atoms with Crippen LogP contribution < -0.4 is 10.2 Å². The molecule has 0 aliphatic carbocycles. The number of aromatic nitrogens is 2. The molecular weight excluding hydrogens is 264 g/mol. The first-order chi connectivity index (χ1) is 10.1. The van der Waals surface area contributed by atoms with Gasteiger partial charge in [-0.25, -0.2) is 9.97 Å². The Labute approximate surface area is 124 Å². The van der Waals surface area contributed by atoms with Gasteiger partial charge >= 0.3 is 0 Å². The Morgan fingerprint density at radius 3 is 2.81 bits per heavy atom. The summed E-state index contributed by atoms with van der Waals surface area (Å²) >= 11 is 0. The zero-order chi connectivity index (χ0) is 15.0. The van der Waals surface area contributed by atoms with E-state index in [1.165, 1.54) is 11.1 Å². The number of rotatable bonds is 3. The first-order valence-corrected chi connectivity index (χ1v) is 7.09. The van der Waals surface area contributed by atoms with Crippen LogP contribution in [0.2, 0.25) is 0 Å². The van der Waals surface area contributed by atoms with Crippen molar-refractivity contribution >= 4 is 17.5 Å². The second-order valence-electron chi connectivity index (χ2n) is 5.24. The number of anilines is 2. The van der Waals surface area contributed by atoms with Crippen LogP contribution in [0.25, 0.3) is 0 Å². The average Bonchev–Trinajstić information content (AvgIpc) is 2.79. The smallest absolute Gasteiger partial charge is 0.262 e. The van der Waals surface area contributed by atoms with Crippen molar-refractivity contribution in [1.29, 1.82) is 0 Å². The summed E-state index contributed by atoms with van der Waals surface area (Å²) in [4.78, 5) is 22.8. The van der Waals surface area contributed by atoms with Crippen LogP contribution in [0.5, 0.6) is 0 Å². The Hall–Kier alpha value is -2.43. The molecule has 0 radical (unpaired) electrons. The molecule has 2 heterocycles. The highest BCUT2D eigenvalue weighted by Crippen LogP contribution is 2.28. The predicted molar refractivity (Wildman–Crippen MR) is 82.6 cm³/mol. The third kappa shape index (κ3) is 2.35. The van der Waals surface area contributed by atoms with Gasteiger partial charge in [0, 0.05) is 18.4 Å². The van der Waals surface area contributed by atoms with E-state index in [2.05, 4.69) is 29.1 Å². The fraction of sp³-hybridized carbons (Fsp3) is 0.312. The molecule has 1 aromatic heterocycles. The number of hydrogen-bond acceptors (Lipinski definition) is 4.